The molecular formula is C17H22N6O. The van der Waals surface area contributed by atoms with Crippen molar-refractivity contribution in [3.63, 3.8) is 0 Å². The molecule has 2 aliphatic rings. The number of aryl methyl sites for hydroxylation is 1. The molecule has 7 nitrogen and oxygen atoms in total. The Balaban J connectivity index is 1.57. The first-order chi connectivity index (χ1) is 11.7. The highest BCUT2D eigenvalue weighted by molar-refractivity contribution is 5.75. The molecule has 0 saturated carbocycles. The van der Waals surface area contributed by atoms with Gasteiger partial charge in [0.25, 0.3) is 0 Å². The number of nitrogens with zero attached hydrogens (tertiary/aromatic N) is 6. The number of likely N-dealkylation sites (tertiary alicyclic amines) is 1. The minimum absolute atomic E-state index is 0.177. The predicted octanol–water partition coefficient (Wildman–Crippen LogP) is 1.49. The Labute approximate surface area is 141 Å². The van der Waals surface area contributed by atoms with Gasteiger partial charge < -0.3 is 9.80 Å². The summed E-state index contributed by atoms with van der Waals surface area (Å²) in [5.41, 5.74) is 4.17. The van der Waals surface area contributed by atoms with E-state index in [9.17, 15) is 4.79 Å². The predicted molar refractivity (Wildman–Crippen MR) is 89.4 cm³/mol. The van der Waals surface area contributed by atoms with E-state index in [0.717, 1.165) is 74.4 Å². The third-order valence-corrected chi connectivity index (χ3v) is 4.91. The van der Waals surface area contributed by atoms with Crippen molar-refractivity contribution in [1.82, 2.24) is 29.5 Å². The molecule has 0 bridgehead atoms. The van der Waals surface area contributed by atoms with Crippen LogP contribution in [0.5, 0.6) is 0 Å². The zero-order valence-corrected chi connectivity index (χ0v) is 14.0. The van der Waals surface area contributed by atoms with E-state index in [1.165, 1.54) is 0 Å². The van der Waals surface area contributed by atoms with Crippen LogP contribution in [0.1, 0.15) is 24.1 Å². The van der Waals surface area contributed by atoms with E-state index in [2.05, 4.69) is 15.1 Å². The molecular weight excluding hydrogens is 304 g/mol. The average molecular weight is 326 g/mol. The molecule has 0 aliphatic carbocycles. The van der Waals surface area contributed by atoms with Crippen LogP contribution in [0.15, 0.2) is 18.7 Å². The number of carbonyl (C=O) groups excluding carboxylic acids is 1. The van der Waals surface area contributed by atoms with Crippen LogP contribution < -0.4 is 0 Å². The second-order valence-electron chi connectivity index (χ2n) is 6.51. The number of aromatic nitrogens is 4. The van der Waals surface area contributed by atoms with E-state index < -0.39 is 0 Å². The van der Waals surface area contributed by atoms with E-state index in [1.54, 1.807) is 11.0 Å². The van der Waals surface area contributed by atoms with Crippen LogP contribution in [0, 0.1) is 0 Å². The standard InChI is InChI=1S/C17H22N6O/c1-21-11-13(10-20-21)16-14-4-8-23(9-5-15(14)18-12-19-16)17(24)22-6-2-3-7-22/h10-12H,2-9H2,1H3. The van der Waals surface area contributed by atoms with Crippen molar-refractivity contribution in [2.24, 2.45) is 7.05 Å². The van der Waals surface area contributed by atoms with Crippen molar-refractivity contribution in [2.75, 3.05) is 26.2 Å². The van der Waals surface area contributed by atoms with Crippen LogP contribution in [0.4, 0.5) is 4.79 Å². The van der Waals surface area contributed by atoms with Crippen LogP contribution in [0.25, 0.3) is 11.3 Å². The van der Waals surface area contributed by atoms with Crippen molar-refractivity contribution < 1.29 is 4.79 Å². The van der Waals surface area contributed by atoms with Crippen LogP contribution in [0.2, 0.25) is 0 Å². The monoisotopic (exact) mass is 326 g/mol. The highest BCUT2D eigenvalue weighted by atomic mass is 16.2. The first kappa shape index (κ1) is 15.1. The maximum absolute atomic E-state index is 12.7. The van der Waals surface area contributed by atoms with Crippen LogP contribution in [-0.2, 0) is 19.9 Å². The molecule has 126 valence electrons. The van der Waals surface area contributed by atoms with Crippen molar-refractivity contribution in [1.29, 1.82) is 0 Å². The maximum Gasteiger partial charge on any atom is 0.320 e. The summed E-state index contributed by atoms with van der Waals surface area (Å²) < 4.78 is 1.78. The second-order valence-corrected chi connectivity index (χ2v) is 6.51. The van der Waals surface area contributed by atoms with Gasteiger partial charge in [-0.05, 0) is 19.3 Å². The smallest absolute Gasteiger partial charge is 0.320 e. The molecule has 24 heavy (non-hydrogen) atoms. The van der Waals surface area contributed by atoms with E-state index in [1.807, 2.05) is 29.2 Å². The van der Waals surface area contributed by atoms with Crippen LogP contribution in [0.3, 0.4) is 0 Å². The molecule has 2 amide bonds. The largest absolute Gasteiger partial charge is 0.325 e. The molecule has 0 atom stereocenters. The second kappa shape index (κ2) is 6.22. The molecule has 1 saturated heterocycles. The fourth-order valence-electron chi connectivity index (χ4n) is 3.62. The topological polar surface area (TPSA) is 67.2 Å². The third kappa shape index (κ3) is 2.74. The summed E-state index contributed by atoms with van der Waals surface area (Å²) in [7, 11) is 1.90. The van der Waals surface area contributed by atoms with Crippen LogP contribution in [-0.4, -0.2) is 61.8 Å². The lowest BCUT2D eigenvalue weighted by Crippen LogP contribution is -2.42. The Bertz CT molecular complexity index is 749. The molecule has 0 radical (unpaired) electrons. The van der Waals surface area contributed by atoms with Gasteiger partial charge >= 0.3 is 6.03 Å². The van der Waals surface area contributed by atoms with Gasteiger partial charge in [-0.15, -0.1) is 0 Å². The number of carbonyl (C=O) groups is 1. The third-order valence-electron chi connectivity index (χ3n) is 4.91. The fourth-order valence-corrected chi connectivity index (χ4v) is 3.62. The lowest BCUT2D eigenvalue weighted by atomic mass is 10.0. The average Bonchev–Trinajstić information content (AvgIpc) is 3.22. The summed E-state index contributed by atoms with van der Waals surface area (Å²) in [6.45, 7) is 3.24. The highest BCUT2D eigenvalue weighted by Gasteiger charge is 2.27. The van der Waals surface area contributed by atoms with Gasteiger partial charge in [-0.3, -0.25) is 4.68 Å². The normalized spacial score (nSPS) is 17.7. The van der Waals surface area contributed by atoms with Crippen molar-refractivity contribution in [2.45, 2.75) is 25.7 Å². The van der Waals surface area contributed by atoms with Crippen molar-refractivity contribution >= 4 is 6.03 Å². The van der Waals surface area contributed by atoms with E-state index in [-0.39, 0.29) is 6.03 Å². The number of hydrogen-bond donors (Lipinski definition) is 0. The van der Waals surface area contributed by atoms with Crippen molar-refractivity contribution in [3.8, 4) is 11.3 Å². The number of hydrogen-bond acceptors (Lipinski definition) is 4. The van der Waals surface area contributed by atoms with Gasteiger partial charge in [-0.2, -0.15) is 5.10 Å². The molecule has 7 heteroatoms. The molecule has 1 fully saturated rings. The Morgan fingerprint density at radius 1 is 1.04 bits per heavy atom. The summed E-state index contributed by atoms with van der Waals surface area (Å²) in [5, 5.41) is 4.25. The Kier molecular flexibility index (Phi) is 3.92. The Morgan fingerprint density at radius 2 is 1.79 bits per heavy atom. The highest BCUT2D eigenvalue weighted by Crippen LogP contribution is 2.25. The molecule has 2 aromatic rings. The van der Waals surface area contributed by atoms with Crippen LogP contribution >= 0.6 is 0 Å². The fraction of sp³-hybridized carbons (Fsp3) is 0.529. The summed E-state index contributed by atoms with van der Waals surface area (Å²) in [5.74, 6) is 0. The molecule has 2 aliphatic heterocycles. The summed E-state index contributed by atoms with van der Waals surface area (Å²) in [6.07, 6.45) is 9.25. The maximum atomic E-state index is 12.7. The lowest BCUT2D eigenvalue weighted by molar-refractivity contribution is 0.164. The van der Waals surface area contributed by atoms with Gasteiger partial charge in [0, 0.05) is 62.7 Å². The molecule has 0 aromatic carbocycles. The number of rotatable bonds is 1. The minimum atomic E-state index is 0.177. The Morgan fingerprint density at radius 3 is 2.54 bits per heavy atom. The number of amides is 2. The first-order valence-corrected chi connectivity index (χ1v) is 8.58. The van der Waals surface area contributed by atoms with Gasteiger partial charge in [0.1, 0.15) is 6.33 Å². The molecule has 4 rings (SSSR count). The SMILES string of the molecule is Cn1cc(-c2ncnc3c2CCN(C(=O)N2CCCC2)CC3)cn1. The quantitative estimate of drug-likeness (QED) is 0.796. The van der Waals surface area contributed by atoms with Gasteiger partial charge in [-0.25, -0.2) is 14.8 Å². The van der Waals surface area contributed by atoms with E-state index >= 15 is 0 Å². The Hall–Kier alpha value is -2.44. The molecule has 0 N–H and O–H groups in total. The number of fused-ring (bicyclic) bond motifs is 1. The molecule has 0 spiro atoms. The minimum Gasteiger partial charge on any atom is -0.325 e. The van der Waals surface area contributed by atoms with Gasteiger partial charge in [0.2, 0.25) is 0 Å². The van der Waals surface area contributed by atoms with E-state index in [0.29, 0.717) is 0 Å². The zero-order valence-electron chi connectivity index (χ0n) is 14.0. The van der Waals surface area contributed by atoms with Crippen molar-refractivity contribution in [3.05, 3.63) is 30.0 Å². The summed E-state index contributed by atoms with van der Waals surface area (Å²) in [4.78, 5) is 25.6. The van der Waals surface area contributed by atoms with Gasteiger partial charge in [0.05, 0.1) is 11.9 Å². The zero-order chi connectivity index (χ0) is 16.5. The first-order valence-electron chi connectivity index (χ1n) is 8.58. The molecule has 4 heterocycles. The lowest BCUT2D eigenvalue weighted by Gasteiger charge is -2.26. The number of urea groups is 1. The summed E-state index contributed by atoms with van der Waals surface area (Å²) in [6, 6.07) is 0.177. The summed E-state index contributed by atoms with van der Waals surface area (Å²) >= 11 is 0. The molecule has 0 unspecified atom stereocenters. The van der Waals surface area contributed by atoms with Gasteiger partial charge in [-0.1, -0.05) is 0 Å². The van der Waals surface area contributed by atoms with E-state index in [4.69, 9.17) is 0 Å². The van der Waals surface area contributed by atoms with Gasteiger partial charge in [0.15, 0.2) is 0 Å². The molecule has 2 aromatic heterocycles.